The van der Waals surface area contributed by atoms with E-state index in [2.05, 4.69) is 67.6 Å². The molecule has 6 heteroatoms. The van der Waals surface area contributed by atoms with Crippen LogP contribution in [0.5, 0.6) is 0 Å². The first-order chi connectivity index (χ1) is 12.3. The van der Waals surface area contributed by atoms with Crippen molar-refractivity contribution in [2.75, 3.05) is 50.0 Å². The number of nitrogens with zero attached hydrogens (tertiary/aromatic N) is 4. The molecule has 1 fully saturated rings. The van der Waals surface area contributed by atoms with Crippen molar-refractivity contribution < 1.29 is 0 Å². The Labute approximate surface area is 147 Å². The molecule has 0 atom stereocenters. The quantitative estimate of drug-likeness (QED) is 0.749. The molecule has 1 saturated heterocycles. The number of benzene rings is 1. The number of anilines is 2. The predicted octanol–water partition coefficient (Wildman–Crippen LogP) is 2.36. The number of fused-ring (bicyclic) bond motifs is 1. The molecule has 0 saturated carbocycles. The molecule has 3 aromatic rings. The zero-order valence-corrected chi connectivity index (χ0v) is 14.6. The summed E-state index contributed by atoms with van der Waals surface area (Å²) < 4.78 is 0. The highest BCUT2D eigenvalue weighted by Crippen LogP contribution is 2.18. The van der Waals surface area contributed by atoms with Crippen molar-refractivity contribution in [3.05, 3.63) is 48.3 Å². The lowest BCUT2D eigenvalue weighted by molar-refractivity contribution is 0.311. The molecule has 3 heterocycles. The van der Waals surface area contributed by atoms with Gasteiger partial charge in [0.25, 0.3) is 0 Å². The number of para-hydroxylation sites is 1. The molecule has 0 amide bonds. The van der Waals surface area contributed by atoms with E-state index in [9.17, 15) is 0 Å². The van der Waals surface area contributed by atoms with Crippen LogP contribution in [0.2, 0.25) is 0 Å². The number of nitrogens with one attached hydrogen (secondary N) is 2. The minimum atomic E-state index is 0.824. The minimum absolute atomic E-state index is 0.824. The van der Waals surface area contributed by atoms with Crippen LogP contribution in [-0.2, 0) is 6.42 Å². The van der Waals surface area contributed by atoms with Crippen LogP contribution in [0.3, 0.4) is 0 Å². The molecule has 4 rings (SSSR count). The van der Waals surface area contributed by atoms with E-state index in [1.54, 1.807) is 0 Å². The van der Waals surface area contributed by atoms with Crippen LogP contribution in [0.25, 0.3) is 10.9 Å². The highest BCUT2D eigenvalue weighted by molar-refractivity contribution is 5.83. The fourth-order valence-corrected chi connectivity index (χ4v) is 3.27. The van der Waals surface area contributed by atoms with Gasteiger partial charge in [-0.25, -0.2) is 4.98 Å². The first-order valence-corrected chi connectivity index (χ1v) is 8.85. The Hall–Kier alpha value is -2.60. The van der Waals surface area contributed by atoms with Crippen LogP contribution >= 0.6 is 0 Å². The lowest BCUT2D eigenvalue weighted by atomic mass is 10.1. The van der Waals surface area contributed by atoms with Crippen LogP contribution in [0, 0.1) is 0 Å². The van der Waals surface area contributed by atoms with Gasteiger partial charge in [-0.1, -0.05) is 18.2 Å². The summed E-state index contributed by atoms with van der Waals surface area (Å²) in [6.45, 7) is 4.93. The number of hydrogen-bond acceptors (Lipinski definition) is 5. The number of likely N-dealkylation sites (N-methyl/N-ethyl adjacent to an activating group) is 1. The molecule has 2 aromatic heterocycles. The zero-order valence-electron chi connectivity index (χ0n) is 14.6. The Balaban J connectivity index is 1.37. The van der Waals surface area contributed by atoms with Gasteiger partial charge >= 0.3 is 0 Å². The van der Waals surface area contributed by atoms with Gasteiger partial charge in [0.05, 0.1) is 0 Å². The van der Waals surface area contributed by atoms with Crippen molar-refractivity contribution in [2.45, 2.75) is 6.42 Å². The van der Waals surface area contributed by atoms with E-state index < -0.39 is 0 Å². The largest absolute Gasteiger partial charge is 0.370 e. The van der Waals surface area contributed by atoms with Crippen LogP contribution in [-0.4, -0.2) is 59.6 Å². The molecular weight excluding hydrogens is 312 g/mol. The standard InChI is InChI=1S/C19H24N6/c1-24-10-12-25(13-11-24)19-21-9-7-18(23-19)20-8-6-15-14-22-17-5-3-2-4-16(15)17/h2-5,7,9,14,22H,6,8,10-13H2,1H3,(H,20,21,23). The maximum atomic E-state index is 4.68. The number of piperazine rings is 1. The number of rotatable bonds is 5. The van der Waals surface area contributed by atoms with Gasteiger partial charge in [-0.3, -0.25) is 0 Å². The molecule has 1 aromatic carbocycles. The Morgan fingerprint density at radius 3 is 2.84 bits per heavy atom. The Morgan fingerprint density at radius 2 is 1.96 bits per heavy atom. The molecule has 0 bridgehead atoms. The van der Waals surface area contributed by atoms with E-state index in [0.717, 1.165) is 50.9 Å². The third-order valence-corrected chi connectivity index (χ3v) is 4.80. The van der Waals surface area contributed by atoms with Gasteiger partial charge in [-0.05, 0) is 31.2 Å². The average molecular weight is 336 g/mol. The second kappa shape index (κ2) is 7.11. The van der Waals surface area contributed by atoms with Gasteiger partial charge in [-0.2, -0.15) is 4.98 Å². The molecule has 0 spiro atoms. The summed E-state index contributed by atoms with van der Waals surface area (Å²) in [4.78, 5) is 17.0. The lowest BCUT2D eigenvalue weighted by Crippen LogP contribution is -2.45. The monoisotopic (exact) mass is 336 g/mol. The average Bonchev–Trinajstić information content (AvgIpc) is 3.06. The second-order valence-electron chi connectivity index (χ2n) is 6.57. The predicted molar refractivity (Wildman–Crippen MR) is 102 cm³/mol. The highest BCUT2D eigenvalue weighted by atomic mass is 15.3. The molecule has 0 radical (unpaired) electrons. The molecule has 1 aliphatic heterocycles. The van der Waals surface area contributed by atoms with Crippen LogP contribution in [0.4, 0.5) is 11.8 Å². The number of H-pyrrole nitrogens is 1. The summed E-state index contributed by atoms with van der Waals surface area (Å²) in [5, 5.41) is 4.73. The Kier molecular flexibility index (Phi) is 4.52. The molecule has 6 nitrogen and oxygen atoms in total. The van der Waals surface area contributed by atoms with Gasteiger partial charge in [0, 0.05) is 56.0 Å². The van der Waals surface area contributed by atoms with Crippen LogP contribution in [0.15, 0.2) is 42.7 Å². The summed E-state index contributed by atoms with van der Waals surface area (Å²) >= 11 is 0. The molecule has 0 aliphatic carbocycles. The summed E-state index contributed by atoms with van der Waals surface area (Å²) in [6, 6.07) is 10.4. The topological polar surface area (TPSA) is 60.1 Å². The smallest absolute Gasteiger partial charge is 0.227 e. The molecule has 1 aliphatic rings. The summed E-state index contributed by atoms with van der Waals surface area (Å²) in [5.41, 5.74) is 2.52. The van der Waals surface area contributed by atoms with Crippen LogP contribution < -0.4 is 10.2 Å². The highest BCUT2D eigenvalue weighted by Gasteiger charge is 2.16. The molecule has 0 unspecified atom stereocenters. The van der Waals surface area contributed by atoms with Gasteiger partial charge in [0.2, 0.25) is 5.95 Å². The van der Waals surface area contributed by atoms with E-state index in [1.165, 1.54) is 16.5 Å². The van der Waals surface area contributed by atoms with E-state index >= 15 is 0 Å². The van der Waals surface area contributed by atoms with Gasteiger partial charge in [0.15, 0.2) is 0 Å². The molecule has 25 heavy (non-hydrogen) atoms. The summed E-state index contributed by atoms with van der Waals surface area (Å²) in [5.74, 6) is 1.72. The van der Waals surface area contributed by atoms with Gasteiger partial charge in [-0.15, -0.1) is 0 Å². The molecular formula is C19H24N6. The van der Waals surface area contributed by atoms with E-state index in [-0.39, 0.29) is 0 Å². The third kappa shape index (κ3) is 3.58. The first-order valence-electron chi connectivity index (χ1n) is 8.85. The van der Waals surface area contributed by atoms with Gasteiger partial charge in [0.1, 0.15) is 5.82 Å². The summed E-state index contributed by atoms with van der Waals surface area (Å²) in [7, 11) is 2.15. The Bertz CT molecular complexity index is 835. The summed E-state index contributed by atoms with van der Waals surface area (Å²) in [6.07, 6.45) is 4.90. The second-order valence-corrected chi connectivity index (χ2v) is 6.57. The first kappa shape index (κ1) is 15.9. The Morgan fingerprint density at radius 1 is 1.12 bits per heavy atom. The third-order valence-electron chi connectivity index (χ3n) is 4.80. The fraction of sp³-hybridized carbons (Fsp3) is 0.368. The van der Waals surface area contributed by atoms with Crippen molar-refractivity contribution in [2.24, 2.45) is 0 Å². The van der Waals surface area contributed by atoms with Crippen LogP contribution in [0.1, 0.15) is 5.56 Å². The normalized spacial score (nSPS) is 15.6. The molecule has 2 N–H and O–H groups in total. The minimum Gasteiger partial charge on any atom is -0.370 e. The number of aromatic nitrogens is 3. The van der Waals surface area contributed by atoms with Crippen molar-refractivity contribution in [3.8, 4) is 0 Å². The van der Waals surface area contributed by atoms with Gasteiger partial charge < -0.3 is 20.1 Å². The zero-order chi connectivity index (χ0) is 17.1. The van der Waals surface area contributed by atoms with Crippen molar-refractivity contribution in [1.82, 2.24) is 19.9 Å². The maximum absolute atomic E-state index is 4.68. The number of hydrogen-bond donors (Lipinski definition) is 2. The van der Waals surface area contributed by atoms with Crippen molar-refractivity contribution in [1.29, 1.82) is 0 Å². The maximum Gasteiger partial charge on any atom is 0.227 e. The fourth-order valence-electron chi connectivity index (χ4n) is 3.27. The van der Waals surface area contributed by atoms with E-state index in [0.29, 0.717) is 0 Å². The van der Waals surface area contributed by atoms with E-state index in [1.807, 2.05) is 12.3 Å². The van der Waals surface area contributed by atoms with Crippen molar-refractivity contribution in [3.63, 3.8) is 0 Å². The SMILES string of the molecule is CN1CCN(c2nccc(NCCc3c[nH]c4ccccc34)n2)CC1. The number of aromatic amines is 1. The van der Waals surface area contributed by atoms with E-state index in [4.69, 9.17) is 0 Å². The lowest BCUT2D eigenvalue weighted by Gasteiger charge is -2.32. The molecule has 130 valence electrons. The van der Waals surface area contributed by atoms with Crippen molar-refractivity contribution >= 4 is 22.7 Å².